The van der Waals surface area contributed by atoms with Gasteiger partial charge in [-0.15, -0.1) is 0 Å². The fourth-order valence-electron chi connectivity index (χ4n) is 3.77. The molecule has 6 nitrogen and oxygen atoms in total. The topological polar surface area (TPSA) is 69.0 Å². The number of benzene rings is 1. The summed E-state index contributed by atoms with van der Waals surface area (Å²) >= 11 is 0. The summed E-state index contributed by atoms with van der Waals surface area (Å²) in [6.07, 6.45) is 6.22. The first-order chi connectivity index (χ1) is 13.8. The van der Waals surface area contributed by atoms with E-state index in [0.29, 0.717) is 24.4 Å². The number of hydrogen-bond acceptors (Lipinski definition) is 4. The number of amides is 1. The number of methoxy groups -OCH3 is 1. The number of pyridine rings is 1. The van der Waals surface area contributed by atoms with Gasteiger partial charge in [-0.25, -0.2) is 0 Å². The van der Waals surface area contributed by atoms with Gasteiger partial charge >= 0.3 is 0 Å². The molecular formula is C22H24N4O2. The van der Waals surface area contributed by atoms with Gasteiger partial charge in [-0.3, -0.25) is 14.5 Å². The summed E-state index contributed by atoms with van der Waals surface area (Å²) in [5, 5.41) is 7.83. The molecule has 0 bridgehead atoms. The fourth-order valence-corrected chi connectivity index (χ4v) is 3.77. The molecule has 0 fully saturated rings. The Morgan fingerprint density at radius 3 is 2.79 bits per heavy atom. The minimum Gasteiger partial charge on any atom is -0.496 e. The van der Waals surface area contributed by atoms with Gasteiger partial charge in [0, 0.05) is 24.0 Å². The van der Waals surface area contributed by atoms with Crippen molar-refractivity contribution in [2.75, 3.05) is 13.7 Å². The number of aromatic nitrogens is 3. The number of ether oxygens (including phenoxy) is 1. The van der Waals surface area contributed by atoms with Gasteiger partial charge in [0.1, 0.15) is 11.4 Å². The lowest BCUT2D eigenvalue weighted by Crippen LogP contribution is -2.28. The van der Waals surface area contributed by atoms with Crippen molar-refractivity contribution in [1.29, 1.82) is 0 Å². The van der Waals surface area contributed by atoms with E-state index in [0.717, 1.165) is 24.2 Å². The predicted molar refractivity (Wildman–Crippen MR) is 107 cm³/mol. The summed E-state index contributed by atoms with van der Waals surface area (Å²) in [6.45, 7) is 1.14. The number of carbonyl (C=O) groups excluding carboxylic acids is 1. The second kappa shape index (κ2) is 8.25. The van der Waals surface area contributed by atoms with Crippen molar-refractivity contribution >= 4 is 5.91 Å². The maximum absolute atomic E-state index is 12.5. The van der Waals surface area contributed by atoms with Gasteiger partial charge in [0.05, 0.1) is 24.9 Å². The Morgan fingerprint density at radius 1 is 1.14 bits per heavy atom. The van der Waals surface area contributed by atoms with Crippen LogP contribution in [0.4, 0.5) is 0 Å². The minimum absolute atomic E-state index is 0.136. The van der Waals surface area contributed by atoms with E-state index >= 15 is 0 Å². The van der Waals surface area contributed by atoms with Crippen molar-refractivity contribution in [1.82, 2.24) is 20.1 Å². The number of fused-ring (bicyclic) bond motifs is 1. The molecule has 1 aliphatic carbocycles. The third kappa shape index (κ3) is 3.63. The van der Waals surface area contributed by atoms with Gasteiger partial charge < -0.3 is 10.1 Å². The Bertz CT molecular complexity index is 966. The lowest BCUT2D eigenvalue weighted by Gasteiger charge is -2.14. The van der Waals surface area contributed by atoms with Crippen LogP contribution in [0.3, 0.4) is 0 Å². The Hall–Kier alpha value is -3.15. The molecule has 6 heteroatoms. The molecule has 0 radical (unpaired) electrons. The van der Waals surface area contributed by atoms with E-state index in [-0.39, 0.29) is 5.91 Å². The zero-order valence-corrected chi connectivity index (χ0v) is 16.0. The first-order valence-corrected chi connectivity index (χ1v) is 9.69. The Labute approximate surface area is 164 Å². The van der Waals surface area contributed by atoms with Crippen molar-refractivity contribution in [3.63, 3.8) is 0 Å². The van der Waals surface area contributed by atoms with E-state index in [1.54, 1.807) is 25.4 Å². The summed E-state index contributed by atoms with van der Waals surface area (Å²) in [7, 11) is 1.57. The average Bonchev–Trinajstić information content (AvgIpc) is 3.13. The van der Waals surface area contributed by atoms with Gasteiger partial charge in [-0.1, -0.05) is 18.2 Å². The molecule has 0 atom stereocenters. The summed E-state index contributed by atoms with van der Waals surface area (Å²) in [5.74, 6) is 0.442. The quantitative estimate of drug-likeness (QED) is 0.717. The van der Waals surface area contributed by atoms with Crippen molar-refractivity contribution in [3.8, 4) is 17.1 Å². The molecule has 0 unspecified atom stereocenters. The number of nitrogens with zero attached hydrogens (tertiary/aromatic N) is 3. The van der Waals surface area contributed by atoms with Crippen molar-refractivity contribution in [2.45, 2.75) is 32.2 Å². The van der Waals surface area contributed by atoms with E-state index in [2.05, 4.69) is 10.3 Å². The highest BCUT2D eigenvalue weighted by atomic mass is 16.5. The predicted octanol–water partition coefficient (Wildman–Crippen LogP) is 3.26. The first kappa shape index (κ1) is 18.2. The van der Waals surface area contributed by atoms with E-state index in [9.17, 15) is 4.79 Å². The van der Waals surface area contributed by atoms with E-state index < -0.39 is 0 Å². The second-order valence-corrected chi connectivity index (χ2v) is 6.88. The molecule has 2 heterocycles. The smallest absolute Gasteiger partial charge is 0.255 e. The molecule has 1 amide bonds. The van der Waals surface area contributed by atoms with Gasteiger partial charge in [0.25, 0.3) is 5.91 Å². The second-order valence-electron chi connectivity index (χ2n) is 6.88. The number of rotatable bonds is 6. The van der Waals surface area contributed by atoms with Gasteiger partial charge in [-0.2, -0.15) is 5.10 Å². The molecule has 0 saturated heterocycles. The molecule has 28 heavy (non-hydrogen) atoms. The monoisotopic (exact) mass is 376 g/mol. The Morgan fingerprint density at radius 2 is 1.96 bits per heavy atom. The highest BCUT2D eigenvalue weighted by Gasteiger charge is 2.22. The lowest BCUT2D eigenvalue weighted by molar-refractivity contribution is 0.0949. The summed E-state index contributed by atoms with van der Waals surface area (Å²) in [4.78, 5) is 17.0. The fraction of sp³-hybridized carbons (Fsp3) is 0.318. The molecular weight excluding hydrogens is 352 g/mol. The van der Waals surface area contributed by atoms with Crippen LogP contribution in [0.2, 0.25) is 0 Å². The SMILES string of the molecule is COc1ccccc1C(=O)NCCn1nc(-c2ccccn2)c2c1CCCC2. The van der Waals surface area contributed by atoms with Crippen LogP contribution in [0.1, 0.15) is 34.5 Å². The Kier molecular flexibility index (Phi) is 5.37. The number of nitrogens with one attached hydrogen (secondary N) is 1. The van der Waals surface area contributed by atoms with Gasteiger partial charge in [0.15, 0.2) is 0 Å². The van der Waals surface area contributed by atoms with Crippen molar-refractivity contribution < 1.29 is 9.53 Å². The van der Waals surface area contributed by atoms with Crippen LogP contribution in [0, 0.1) is 0 Å². The summed E-state index contributed by atoms with van der Waals surface area (Å²) in [6, 6.07) is 13.2. The van der Waals surface area contributed by atoms with Crippen LogP contribution in [0.15, 0.2) is 48.7 Å². The normalized spacial score (nSPS) is 13.0. The maximum Gasteiger partial charge on any atom is 0.255 e. The molecule has 0 aliphatic heterocycles. The highest BCUT2D eigenvalue weighted by molar-refractivity contribution is 5.96. The lowest BCUT2D eigenvalue weighted by atomic mass is 9.95. The summed E-state index contributed by atoms with van der Waals surface area (Å²) in [5.41, 5.74) is 5.02. The van der Waals surface area contributed by atoms with Crippen LogP contribution < -0.4 is 10.1 Å². The molecule has 1 aromatic carbocycles. The third-order valence-corrected chi connectivity index (χ3v) is 5.13. The van der Waals surface area contributed by atoms with Crippen LogP contribution in [-0.4, -0.2) is 34.3 Å². The van der Waals surface area contributed by atoms with E-state index in [4.69, 9.17) is 9.84 Å². The van der Waals surface area contributed by atoms with E-state index in [1.165, 1.54) is 24.1 Å². The zero-order valence-electron chi connectivity index (χ0n) is 16.0. The minimum atomic E-state index is -0.136. The number of para-hydroxylation sites is 1. The van der Waals surface area contributed by atoms with Crippen molar-refractivity contribution in [2.24, 2.45) is 0 Å². The molecule has 0 saturated carbocycles. The zero-order chi connectivity index (χ0) is 19.3. The van der Waals surface area contributed by atoms with E-state index in [1.807, 2.05) is 35.0 Å². The molecule has 2 aromatic heterocycles. The molecule has 4 rings (SSSR count). The molecule has 144 valence electrons. The van der Waals surface area contributed by atoms with Crippen LogP contribution in [0.5, 0.6) is 5.75 Å². The Balaban J connectivity index is 1.49. The maximum atomic E-state index is 12.5. The molecule has 3 aromatic rings. The van der Waals surface area contributed by atoms with Gasteiger partial charge in [-0.05, 0) is 49.9 Å². The van der Waals surface area contributed by atoms with Crippen LogP contribution in [-0.2, 0) is 19.4 Å². The highest BCUT2D eigenvalue weighted by Crippen LogP contribution is 2.30. The van der Waals surface area contributed by atoms with Crippen molar-refractivity contribution in [3.05, 3.63) is 65.5 Å². The molecule has 0 spiro atoms. The average molecular weight is 376 g/mol. The largest absolute Gasteiger partial charge is 0.496 e. The number of hydrogen-bond donors (Lipinski definition) is 1. The number of carbonyl (C=O) groups is 1. The summed E-state index contributed by atoms with van der Waals surface area (Å²) < 4.78 is 7.32. The third-order valence-electron chi connectivity index (χ3n) is 5.13. The first-order valence-electron chi connectivity index (χ1n) is 9.69. The van der Waals surface area contributed by atoms with Gasteiger partial charge in [0.2, 0.25) is 0 Å². The standard InChI is InChI=1S/C22H24N4O2/c1-28-20-12-5-3-9-17(20)22(27)24-14-15-26-19-11-4-2-8-16(19)21(25-26)18-10-6-7-13-23-18/h3,5-7,9-10,12-13H,2,4,8,11,14-15H2,1H3,(H,24,27). The van der Waals surface area contributed by atoms with Crippen LogP contribution >= 0.6 is 0 Å². The molecule has 1 N–H and O–H groups in total. The van der Waals surface area contributed by atoms with Crippen LogP contribution in [0.25, 0.3) is 11.4 Å². The molecule has 1 aliphatic rings.